The van der Waals surface area contributed by atoms with E-state index in [9.17, 15) is 0 Å². The molecule has 3 aliphatic carbocycles. The lowest BCUT2D eigenvalue weighted by Crippen LogP contribution is -2.40. The van der Waals surface area contributed by atoms with Gasteiger partial charge in [-0.3, -0.25) is 0 Å². The monoisotopic (exact) mass is 694 g/mol. The highest BCUT2D eigenvalue weighted by atomic mass is 32.2. The molecular formula is C52H38S. The average Bonchev–Trinajstić information content (AvgIpc) is 3.23. The van der Waals surface area contributed by atoms with E-state index in [4.69, 9.17) is 0 Å². The van der Waals surface area contributed by atoms with Gasteiger partial charge in [-0.2, -0.15) is 0 Å². The number of hydrogen-bond donors (Lipinski definition) is 0. The molecule has 0 radical (unpaired) electrons. The van der Waals surface area contributed by atoms with Crippen LogP contribution in [0.25, 0.3) is 43.8 Å². The lowest BCUT2D eigenvalue weighted by atomic mass is 9.70. The molecule has 0 bridgehead atoms. The van der Waals surface area contributed by atoms with E-state index in [1.807, 2.05) is 11.8 Å². The predicted molar refractivity (Wildman–Crippen MR) is 226 cm³/mol. The van der Waals surface area contributed by atoms with E-state index in [-0.39, 0.29) is 5.92 Å². The Morgan fingerprint density at radius 3 is 1.42 bits per heavy atom. The van der Waals surface area contributed by atoms with Crippen molar-refractivity contribution in [3.63, 3.8) is 0 Å². The molecule has 0 aromatic heterocycles. The van der Waals surface area contributed by atoms with Gasteiger partial charge in [0.05, 0.1) is 0 Å². The van der Waals surface area contributed by atoms with Crippen LogP contribution in [0.2, 0.25) is 0 Å². The molecular weight excluding hydrogens is 657 g/mol. The summed E-state index contributed by atoms with van der Waals surface area (Å²) in [5.41, 5.74) is 9.44. The van der Waals surface area contributed by atoms with Crippen LogP contribution in [0.15, 0.2) is 210 Å². The first-order chi connectivity index (χ1) is 26.3. The SMILES string of the molecule is C1=CCC(c2c3ccccc3c(-c3ccc(Sc4ccc(C5=c6ccccc6=C(c6ccccc6)C6C=CC=CC56)cc4)cc3)c3ccccc23)C=C1. The van der Waals surface area contributed by atoms with E-state index >= 15 is 0 Å². The zero-order chi connectivity index (χ0) is 35.1. The molecule has 1 heteroatoms. The maximum absolute atomic E-state index is 2.40. The van der Waals surface area contributed by atoms with Crippen LogP contribution in [0, 0.1) is 11.8 Å². The number of fused-ring (bicyclic) bond motifs is 4. The smallest absolute Gasteiger partial charge is 0.0137 e. The molecule has 10 rings (SSSR count). The van der Waals surface area contributed by atoms with Gasteiger partial charge in [-0.1, -0.05) is 188 Å². The zero-order valence-electron chi connectivity index (χ0n) is 29.4. The minimum absolute atomic E-state index is 0.286. The molecule has 53 heavy (non-hydrogen) atoms. The Bertz CT molecular complexity index is 2700. The number of hydrogen-bond acceptors (Lipinski definition) is 1. The van der Waals surface area contributed by atoms with Gasteiger partial charge in [0, 0.05) is 27.5 Å². The summed E-state index contributed by atoms with van der Waals surface area (Å²) in [4.78, 5) is 2.48. The summed E-state index contributed by atoms with van der Waals surface area (Å²) in [6, 6.07) is 56.3. The van der Waals surface area contributed by atoms with Crippen LogP contribution in [0.4, 0.5) is 0 Å². The Labute approximate surface area is 315 Å². The highest BCUT2D eigenvalue weighted by Crippen LogP contribution is 2.45. The summed E-state index contributed by atoms with van der Waals surface area (Å²) in [6.45, 7) is 0. The molecule has 0 heterocycles. The normalized spacial score (nSPS) is 18.8. The molecule has 3 unspecified atom stereocenters. The van der Waals surface area contributed by atoms with Crippen LogP contribution >= 0.6 is 11.8 Å². The molecule has 0 aliphatic heterocycles. The molecule has 0 N–H and O–H groups in total. The molecule has 3 atom stereocenters. The Morgan fingerprint density at radius 2 is 0.868 bits per heavy atom. The number of allylic oxidation sites excluding steroid dienone is 8. The van der Waals surface area contributed by atoms with E-state index < -0.39 is 0 Å². The second-order valence-electron chi connectivity index (χ2n) is 14.2. The standard InChI is InChI=1S/C52H38S/c1-3-15-35(16-4-1)49-41-19-7-11-23-45(41)51(46-24-12-8-20-42(46)49)37-27-31-39(32-28-37)53-40-33-29-38(30-34-40)52-47-25-13-9-21-43(47)50(36-17-5-2-6-18-36)44-22-10-14-26-48(44)52/h1-17,19-34,36,41,45H,18H2. The highest BCUT2D eigenvalue weighted by molar-refractivity contribution is 7.99. The van der Waals surface area contributed by atoms with Gasteiger partial charge >= 0.3 is 0 Å². The minimum Gasteiger partial charge on any atom is -0.0901 e. The van der Waals surface area contributed by atoms with E-state index in [0.29, 0.717) is 11.8 Å². The van der Waals surface area contributed by atoms with E-state index in [1.165, 1.54) is 80.7 Å². The Morgan fingerprint density at radius 1 is 0.396 bits per heavy atom. The van der Waals surface area contributed by atoms with Crippen molar-refractivity contribution in [3.05, 3.63) is 227 Å². The summed E-state index contributed by atoms with van der Waals surface area (Å²) >= 11 is 1.83. The van der Waals surface area contributed by atoms with Crippen LogP contribution in [-0.4, -0.2) is 0 Å². The lowest BCUT2D eigenvalue weighted by molar-refractivity contribution is 0.686. The second-order valence-corrected chi connectivity index (χ2v) is 15.4. The summed E-state index contributed by atoms with van der Waals surface area (Å²) in [6.07, 6.45) is 19.3. The molecule has 3 aliphatic rings. The van der Waals surface area contributed by atoms with Crippen molar-refractivity contribution < 1.29 is 0 Å². The van der Waals surface area contributed by atoms with Crippen LogP contribution in [-0.2, 0) is 0 Å². The van der Waals surface area contributed by atoms with Crippen molar-refractivity contribution in [1.82, 2.24) is 0 Å². The summed E-state index contributed by atoms with van der Waals surface area (Å²) in [5.74, 6) is 0.961. The largest absolute Gasteiger partial charge is 0.0901 e. The summed E-state index contributed by atoms with van der Waals surface area (Å²) in [5, 5.41) is 8.02. The highest BCUT2D eigenvalue weighted by Gasteiger charge is 2.31. The van der Waals surface area contributed by atoms with Crippen molar-refractivity contribution in [2.45, 2.75) is 22.1 Å². The zero-order valence-corrected chi connectivity index (χ0v) is 30.2. The Balaban J connectivity index is 0.997. The molecule has 7 aromatic rings. The van der Waals surface area contributed by atoms with Gasteiger partial charge in [-0.25, -0.2) is 0 Å². The van der Waals surface area contributed by atoms with Crippen molar-refractivity contribution in [2.24, 2.45) is 11.8 Å². The molecule has 0 amide bonds. The first-order valence-electron chi connectivity index (χ1n) is 18.7. The van der Waals surface area contributed by atoms with Crippen molar-refractivity contribution in [1.29, 1.82) is 0 Å². The molecule has 252 valence electrons. The first kappa shape index (κ1) is 31.8. The fourth-order valence-electron chi connectivity index (χ4n) is 8.98. The van der Waals surface area contributed by atoms with Crippen LogP contribution in [0.1, 0.15) is 29.0 Å². The number of rotatable bonds is 6. The third-order valence-electron chi connectivity index (χ3n) is 11.3. The van der Waals surface area contributed by atoms with E-state index in [2.05, 4.69) is 200 Å². The van der Waals surface area contributed by atoms with Gasteiger partial charge in [-0.15, -0.1) is 0 Å². The Hall–Kier alpha value is -5.89. The van der Waals surface area contributed by atoms with Gasteiger partial charge in [0.2, 0.25) is 0 Å². The molecule has 0 nitrogen and oxygen atoms in total. The second kappa shape index (κ2) is 13.6. The maximum atomic E-state index is 2.40. The van der Waals surface area contributed by atoms with Crippen molar-refractivity contribution in [3.8, 4) is 11.1 Å². The quantitative estimate of drug-likeness (QED) is 0.156. The topological polar surface area (TPSA) is 0 Å². The van der Waals surface area contributed by atoms with E-state index in [1.54, 1.807) is 0 Å². The Kier molecular flexibility index (Phi) is 8.15. The van der Waals surface area contributed by atoms with E-state index in [0.717, 1.165) is 6.42 Å². The fourth-order valence-corrected chi connectivity index (χ4v) is 9.80. The molecule has 0 fully saturated rings. The first-order valence-corrected chi connectivity index (χ1v) is 19.5. The summed E-state index contributed by atoms with van der Waals surface area (Å²) < 4.78 is 0. The van der Waals surface area contributed by atoms with Gasteiger partial charge in [0.1, 0.15) is 0 Å². The third kappa shape index (κ3) is 5.64. The van der Waals surface area contributed by atoms with Gasteiger partial charge in [-0.05, 0) is 102 Å². The van der Waals surface area contributed by atoms with Gasteiger partial charge in [0.25, 0.3) is 0 Å². The van der Waals surface area contributed by atoms with Crippen LogP contribution in [0.3, 0.4) is 0 Å². The number of benzene rings is 7. The average molecular weight is 695 g/mol. The summed E-state index contributed by atoms with van der Waals surface area (Å²) in [7, 11) is 0. The third-order valence-corrected chi connectivity index (χ3v) is 12.3. The van der Waals surface area contributed by atoms with Gasteiger partial charge < -0.3 is 0 Å². The molecule has 0 saturated heterocycles. The molecule has 7 aromatic carbocycles. The fraction of sp³-hybridized carbons (Fsp3) is 0.0769. The lowest BCUT2D eigenvalue weighted by Gasteiger charge is -2.33. The molecule has 0 spiro atoms. The minimum atomic E-state index is 0.286. The van der Waals surface area contributed by atoms with Crippen molar-refractivity contribution in [2.75, 3.05) is 0 Å². The van der Waals surface area contributed by atoms with Gasteiger partial charge in [0.15, 0.2) is 0 Å². The maximum Gasteiger partial charge on any atom is 0.0137 e. The van der Waals surface area contributed by atoms with Crippen LogP contribution < -0.4 is 10.4 Å². The van der Waals surface area contributed by atoms with Crippen molar-refractivity contribution >= 4 is 44.5 Å². The van der Waals surface area contributed by atoms with Crippen LogP contribution in [0.5, 0.6) is 0 Å². The molecule has 0 saturated carbocycles. The predicted octanol–water partition coefficient (Wildman–Crippen LogP) is 12.2.